The first kappa shape index (κ1) is 23.0. The van der Waals surface area contributed by atoms with Gasteiger partial charge >= 0.3 is 5.97 Å². The molecule has 1 saturated heterocycles. The van der Waals surface area contributed by atoms with Gasteiger partial charge in [-0.15, -0.1) is 0 Å². The van der Waals surface area contributed by atoms with Crippen LogP contribution in [0, 0.1) is 0 Å². The molecule has 1 fully saturated rings. The highest BCUT2D eigenvalue weighted by atomic mass is 28.4. The molecule has 3 atom stereocenters. The van der Waals surface area contributed by atoms with Crippen molar-refractivity contribution in [3.05, 3.63) is 35.9 Å². The highest BCUT2D eigenvalue weighted by molar-refractivity contribution is 6.74. The van der Waals surface area contributed by atoms with Gasteiger partial charge in [-0.2, -0.15) is 0 Å². The van der Waals surface area contributed by atoms with Crippen molar-refractivity contribution in [2.75, 3.05) is 26.9 Å². The van der Waals surface area contributed by atoms with E-state index in [4.69, 9.17) is 23.4 Å². The zero-order valence-electron chi connectivity index (χ0n) is 17.9. The molecule has 0 radical (unpaired) electrons. The molecule has 7 heteroatoms. The van der Waals surface area contributed by atoms with Crippen LogP contribution in [0.25, 0.3) is 0 Å². The molecular weight excluding hydrogens is 376 g/mol. The molecular formula is C21H34O6Si. The molecule has 1 aliphatic heterocycles. The second-order valence-corrected chi connectivity index (χ2v) is 13.4. The Labute approximate surface area is 169 Å². The van der Waals surface area contributed by atoms with E-state index in [1.807, 2.05) is 18.2 Å². The van der Waals surface area contributed by atoms with Crippen molar-refractivity contribution in [3.8, 4) is 0 Å². The monoisotopic (exact) mass is 410 g/mol. The van der Waals surface area contributed by atoms with Crippen LogP contribution in [-0.2, 0) is 23.4 Å². The molecule has 0 N–H and O–H groups in total. The van der Waals surface area contributed by atoms with Gasteiger partial charge in [-0.1, -0.05) is 39.0 Å². The molecule has 0 bridgehead atoms. The van der Waals surface area contributed by atoms with Crippen molar-refractivity contribution >= 4 is 14.3 Å². The van der Waals surface area contributed by atoms with E-state index in [-0.39, 0.29) is 29.8 Å². The SMILES string of the molecule is COCCO[C@H]1O[C@H](COC(=O)c2ccccc2)C[C@H]1O[Si](C)(C)C(C)(C)C. The van der Waals surface area contributed by atoms with E-state index < -0.39 is 14.6 Å². The lowest BCUT2D eigenvalue weighted by Crippen LogP contribution is -2.46. The first-order chi connectivity index (χ1) is 13.1. The van der Waals surface area contributed by atoms with E-state index in [0.717, 1.165) is 0 Å². The predicted octanol–water partition coefficient (Wildman–Crippen LogP) is 4.01. The molecule has 158 valence electrons. The molecule has 0 spiro atoms. The van der Waals surface area contributed by atoms with Crippen LogP contribution in [-0.4, -0.2) is 59.7 Å². The van der Waals surface area contributed by atoms with Crippen LogP contribution in [0.3, 0.4) is 0 Å². The standard InChI is InChI=1S/C21H34O6Si/c1-21(2,3)28(5,6)27-18-14-17(26-20(18)24-13-12-23-4)15-25-19(22)16-10-8-7-9-11-16/h7-11,17-18,20H,12-15H2,1-6H3/t17-,18+,20-/m0/s1. The lowest BCUT2D eigenvalue weighted by molar-refractivity contribution is -0.172. The third kappa shape index (κ3) is 6.39. The first-order valence-corrected chi connectivity index (χ1v) is 12.7. The summed E-state index contributed by atoms with van der Waals surface area (Å²) < 4.78 is 28.9. The summed E-state index contributed by atoms with van der Waals surface area (Å²) in [6, 6.07) is 8.95. The maximum atomic E-state index is 12.2. The molecule has 6 nitrogen and oxygen atoms in total. The summed E-state index contributed by atoms with van der Waals surface area (Å²) in [6.07, 6.45) is -0.287. The van der Waals surface area contributed by atoms with Gasteiger partial charge in [-0.25, -0.2) is 4.79 Å². The van der Waals surface area contributed by atoms with Crippen LogP contribution in [0.2, 0.25) is 18.1 Å². The van der Waals surface area contributed by atoms with Crippen LogP contribution >= 0.6 is 0 Å². The molecule has 1 heterocycles. The Kier molecular flexibility index (Phi) is 8.21. The van der Waals surface area contributed by atoms with E-state index in [1.165, 1.54) is 0 Å². The third-order valence-electron chi connectivity index (χ3n) is 5.36. The van der Waals surface area contributed by atoms with Crippen molar-refractivity contribution < 1.29 is 28.2 Å². The number of methoxy groups -OCH3 is 1. The molecule has 28 heavy (non-hydrogen) atoms. The topological polar surface area (TPSA) is 63.2 Å². The zero-order valence-corrected chi connectivity index (χ0v) is 18.9. The maximum Gasteiger partial charge on any atom is 0.338 e. The second kappa shape index (κ2) is 9.98. The lowest BCUT2D eigenvalue weighted by Gasteiger charge is -2.39. The van der Waals surface area contributed by atoms with Crippen molar-refractivity contribution in [1.82, 2.24) is 0 Å². The molecule has 1 aromatic rings. The predicted molar refractivity (Wildman–Crippen MR) is 110 cm³/mol. The van der Waals surface area contributed by atoms with Crippen LogP contribution in [0.1, 0.15) is 37.6 Å². The van der Waals surface area contributed by atoms with Gasteiger partial charge in [0.25, 0.3) is 0 Å². The fourth-order valence-corrected chi connectivity index (χ4v) is 4.01. The fourth-order valence-electron chi connectivity index (χ4n) is 2.69. The third-order valence-corrected chi connectivity index (χ3v) is 9.86. The Morgan fingerprint density at radius 1 is 1.18 bits per heavy atom. The van der Waals surface area contributed by atoms with E-state index in [9.17, 15) is 4.79 Å². The van der Waals surface area contributed by atoms with Gasteiger partial charge in [-0.3, -0.25) is 0 Å². The largest absolute Gasteiger partial charge is 0.459 e. The summed E-state index contributed by atoms with van der Waals surface area (Å²) in [7, 11) is -0.352. The number of hydrogen-bond acceptors (Lipinski definition) is 6. The lowest BCUT2D eigenvalue weighted by atomic mass is 10.2. The maximum absolute atomic E-state index is 12.2. The summed E-state index contributed by atoms with van der Waals surface area (Å²) in [5.41, 5.74) is 0.530. The summed E-state index contributed by atoms with van der Waals surface area (Å²) in [6.45, 7) is 12.1. The Balaban J connectivity index is 1.96. The van der Waals surface area contributed by atoms with Crippen molar-refractivity contribution in [2.45, 2.75) is 63.8 Å². The van der Waals surface area contributed by atoms with Crippen LogP contribution in [0.4, 0.5) is 0 Å². The number of carbonyl (C=O) groups is 1. The molecule has 1 aromatic carbocycles. The quantitative estimate of drug-likeness (QED) is 0.348. The zero-order chi connectivity index (χ0) is 20.8. The number of hydrogen-bond donors (Lipinski definition) is 0. The van der Waals surface area contributed by atoms with Crippen LogP contribution < -0.4 is 0 Å². The van der Waals surface area contributed by atoms with Gasteiger partial charge in [0, 0.05) is 13.5 Å². The Morgan fingerprint density at radius 3 is 2.46 bits per heavy atom. The van der Waals surface area contributed by atoms with Crippen molar-refractivity contribution in [2.24, 2.45) is 0 Å². The van der Waals surface area contributed by atoms with E-state index in [1.54, 1.807) is 19.2 Å². The van der Waals surface area contributed by atoms with Gasteiger partial charge in [0.15, 0.2) is 14.6 Å². The van der Waals surface area contributed by atoms with Gasteiger partial charge in [0.1, 0.15) is 6.61 Å². The number of esters is 1. The molecule has 0 amide bonds. The van der Waals surface area contributed by atoms with E-state index in [2.05, 4.69) is 33.9 Å². The first-order valence-electron chi connectivity index (χ1n) is 9.80. The van der Waals surface area contributed by atoms with Gasteiger partial charge in [-0.05, 0) is 30.3 Å². The number of benzene rings is 1. The average Bonchev–Trinajstić information content (AvgIpc) is 3.01. The van der Waals surface area contributed by atoms with Crippen LogP contribution in [0.15, 0.2) is 30.3 Å². The van der Waals surface area contributed by atoms with E-state index >= 15 is 0 Å². The highest BCUT2D eigenvalue weighted by Gasteiger charge is 2.45. The number of carbonyl (C=O) groups excluding carboxylic acids is 1. The summed E-state index contributed by atoms with van der Waals surface area (Å²) in [4.78, 5) is 12.2. The highest BCUT2D eigenvalue weighted by Crippen LogP contribution is 2.39. The minimum Gasteiger partial charge on any atom is -0.459 e. The average molecular weight is 411 g/mol. The van der Waals surface area contributed by atoms with Gasteiger partial charge in [0.2, 0.25) is 0 Å². The molecule has 0 aliphatic carbocycles. The van der Waals surface area contributed by atoms with Crippen LogP contribution in [0.5, 0.6) is 0 Å². The molecule has 0 aromatic heterocycles. The Bertz CT molecular complexity index is 613. The molecule has 2 rings (SSSR count). The van der Waals surface area contributed by atoms with E-state index in [0.29, 0.717) is 25.2 Å². The Hall–Kier alpha value is -1.25. The molecule has 1 aliphatic rings. The minimum atomic E-state index is -1.99. The fraction of sp³-hybridized carbons (Fsp3) is 0.667. The normalized spacial score (nSPS) is 23.0. The van der Waals surface area contributed by atoms with Crippen molar-refractivity contribution in [3.63, 3.8) is 0 Å². The summed E-state index contributed by atoms with van der Waals surface area (Å²) in [5, 5.41) is 0.0853. The second-order valence-electron chi connectivity index (χ2n) is 8.61. The molecule has 0 saturated carbocycles. The van der Waals surface area contributed by atoms with Gasteiger partial charge < -0.3 is 23.4 Å². The smallest absolute Gasteiger partial charge is 0.338 e. The number of ether oxygens (including phenoxy) is 4. The summed E-state index contributed by atoms with van der Waals surface area (Å²) in [5.74, 6) is -0.352. The summed E-state index contributed by atoms with van der Waals surface area (Å²) >= 11 is 0. The Morgan fingerprint density at radius 2 is 1.86 bits per heavy atom. The van der Waals surface area contributed by atoms with Gasteiger partial charge in [0.05, 0.1) is 31.0 Å². The molecule has 0 unspecified atom stereocenters. The minimum absolute atomic E-state index is 0.0853. The van der Waals surface area contributed by atoms with Crippen molar-refractivity contribution in [1.29, 1.82) is 0 Å². The number of rotatable bonds is 9.